The molecular weight excluding hydrogens is 436 g/mol. The van der Waals surface area contributed by atoms with Crippen LogP contribution in [0.5, 0.6) is 11.5 Å². The molecule has 4 rings (SSSR count). The zero-order valence-corrected chi connectivity index (χ0v) is 19.5. The van der Waals surface area contributed by atoms with Gasteiger partial charge in [0.1, 0.15) is 17.5 Å². The first-order valence-electron chi connectivity index (χ1n) is 11.4. The zero-order valence-electron chi connectivity index (χ0n) is 19.5. The minimum atomic E-state index is -0.849. The van der Waals surface area contributed by atoms with Gasteiger partial charge in [-0.1, -0.05) is 12.1 Å². The summed E-state index contributed by atoms with van der Waals surface area (Å²) < 4.78 is 10.5. The summed E-state index contributed by atoms with van der Waals surface area (Å²) in [6, 6.07) is 13.9. The number of carbonyl (C=O) groups excluding carboxylic acids is 3. The largest absolute Gasteiger partial charge is 0.497 e. The Labute approximate surface area is 199 Å². The second kappa shape index (κ2) is 10.5. The van der Waals surface area contributed by atoms with Crippen LogP contribution >= 0.6 is 0 Å². The minimum absolute atomic E-state index is 0.0464. The van der Waals surface area contributed by atoms with Crippen molar-refractivity contribution in [2.75, 3.05) is 58.4 Å². The highest BCUT2D eigenvalue weighted by Gasteiger charge is 2.37. The average molecular weight is 467 g/mol. The number of piperazine rings is 2. The van der Waals surface area contributed by atoms with E-state index in [4.69, 9.17) is 9.47 Å². The van der Waals surface area contributed by atoms with Crippen LogP contribution in [-0.2, 0) is 9.59 Å². The van der Waals surface area contributed by atoms with E-state index in [1.54, 1.807) is 36.3 Å². The number of nitrogens with zero attached hydrogens (tertiary/aromatic N) is 3. The SMILES string of the molecule is COc1ccc(N2CCN(C(=O)CC3C(=O)NCCN3C(=O)c3ccccc3OC)CC2)cc1. The zero-order chi connectivity index (χ0) is 24.1. The first-order valence-corrected chi connectivity index (χ1v) is 11.4. The fourth-order valence-electron chi connectivity index (χ4n) is 4.44. The van der Waals surface area contributed by atoms with E-state index >= 15 is 0 Å². The van der Waals surface area contributed by atoms with Crippen molar-refractivity contribution in [1.29, 1.82) is 0 Å². The van der Waals surface area contributed by atoms with Crippen LogP contribution in [0.3, 0.4) is 0 Å². The number of para-hydroxylation sites is 1. The molecule has 0 bridgehead atoms. The van der Waals surface area contributed by atoms with Gasteiger partial charge < -0.3 is 29.5 Å². The lowest BCUT2D eigenvalue weighted by atomic mass is 10.0. The number of rotatable bonds is 6. The Balaban J connectivity index is 1.40. The van der Waals surface area contributed by atoms with Crippen LogP contribution in [-0.4, -0.2) is 87.1 Å². The van der Waals surface area contributed by atoms with E-state index in [-0.39, 0.29) is 24.1 Å². The second-order valence-corrected chi connectivity index (χ2v) is 8.28. The number of hydrogen-bond donors (Lipinski definition) is 1. The van der Waals surface area contributed by atoms with E-state index in [9.17, 15) is 14.4 Å². The Morgan fingerprint density at radius 1 is 0.941 bits per heavy atom. The maximum Gasteiger partial charge on any atom is 0.258 e. The van der Waals surface area contributed by atoms with Gasteiger partial charge in [0.25, 0.3) is 5.91 Å². The maximum absolute atomic E-state index is 13.3. The number of benzene rings is 2. The third-order valence-corrected chi connectivity index (χ3v) is 6.37. The smallest absolute Gasteiger partial charge is 0.258 e. The van der Waals surface area contributed by atoms with E-state index in [0.29, 0.717) is 50.6 Å². The van der Waals surface area contributed by atoms with Gasteiger partial charge >= 0.3 is 0 Å². The van der Waals surface area contributed by atoms with Crippen molar-refractivity contribution < 1.29 is 23.9 Å². The quantitative estimate of drug-likeness (QED) is 0.692. The van der Waals surface area contributed by atoms with Crippen LogP contribution < -0.4 is 19.7 Å². The summed E-state index contributed by atoms with van der Waals surface area (Å²) in [5, 5.41) is 2.79. The molecule has 2 aromatic rings. The molecule has 2 aliphatic heterocycles. The Bertz CT molecular complexity index is 1030. The summed E-state index contributed by atoms with van der Waals surface area (Å²) in [5.74, 6) is 0.497. The molecule has 1 N–H and O–H groups in total. The van der Waals surface area contributed by atoms with E-state index in [1.807, 2.05) is 24.3 Å². The lowest BCUT2D eigenvalue weighted by molar-refractivity contribution is -0.138. The van der Waals surface area contributed by atoms with Crippen LogP contribution in [0.2, 0.25) is 0 Å². The first-order chi connectivity index (χ1) is 16.5. The number of amides is 3. The lowest BCUT2D eigenvalue weighted by Crippen LogP contribution is -2.59. The van der Waals surface area contributed by atoms with Gasteiger partial charge in [-0.2, -0.15) is 0 Å². The van der Waals surface area contributed by atoms with E-state index in [1.165, 1.54) is 12.0 Å². The number of nitrogens with one attached hydrogen (secondary N) is 1. The Morgan fingerprint density at radius 2 is 1.65 bits per heavy atom. The molecule has 9 nitrogen and oxygen atoms in total. The summed E-state index contributed by atoms with van der Waals surface area (Å²) in [7, 11) is 3.14. The highest BCUT2D eigenvalue weighted by atomic mass is 16.5. The molecule has 0 saturated carbocycles. The third-order valence-electron chi connectivity index (χ3n) is 6.37. The lowest BCUT2D eigenvalue weighted by Gasteiger charge is -2.39. The molecule has 2 aromatic carbocycles. The molecule has 2 aliphatic rings. The number of ether oxygens (including phenoxy) is 2. The van der Waals surface area contributed by atoms with Crippen molar-refractivity contribution in [1.82, 2.24) is 15.1 Å². The van der Waals surface area contributed by atoms with Crippen molar-refractivity contribution in [2.24, 2.45) is 0 Å². The summed E-state index contributed by atoms with van der Waals surface area (Å²) in [5.41, 5.74) is 1.46. The monoisotopic (exact) mass is 466 g/mol. The predicted molar refractivity (Wildman–Crippen MR) is 127 cm³/mol. The molecule has 0 aromatic heterocycles. The Kier molecular flexibility index (Phi) is 7.20. The van der Waals surface area contributed by atoms with Gasteiger partial charge in [0.2, 0.25) is 11.8 Å². The minimum Gasteiger partial charge on any atom is -0.497 e. The topological polar surface area (TPSA) is 91.4 Å². The molecule has 2 saturated heterocycles. The van der Waals surface area contributed by atoms with Crippen LogP contribution in [0, 0.1) is 0 Å². The summed E-state index contributed by atoms with van der Waals surface area (Å²) in [6.07, 6.45) is -0.0464. The molecule has 0 aliphatic carbocycles. The molecule has 1 unspecified atom stereocenters. The molecule has 0 radical (unpaired) electrons. The maximum atomic E-state index is 13.3. The molecule has 0 spiro atoms. The van der Waals surface area contributed by atoms with Crippen LogP contribution in [0.25, 0.3) is 0 Å². The molecular formula is C25H30N4O5. The van der Waals surface area contributed by atoms with E-state index in [2.05, 4.69) is 10.2 Å². The molecule has 9 heteroatoms. The van der Waals surface area contributed by atoms with Crippen LogP contribution in [0.4, 0.5) is 5.69 Å². The van der Waals surface area contributed by atoms with Gasteiger partial charge in [-0.3, -0.25) is 14.4 Å². The van der Waals surface area contributed by atoms with Gasteiger partial charge in [0, 0.05) is 45.0 Å². The average Bonchev–Trinajstić information content (AvgIpc) is 2.89. The van der Waals surface area contributed by atoms with Crippen molar-refractivity contribution in [3.8, 4) is 11.5 Å². The van der Waals surface area contributed by atoms with Gasteiger partial charge in [-0.05, 0) is 36.4 Å². The summed E-state index contributed by atoms with van der Waals surface area (Å²) in [6.45, 7) is 3.19. The number of methoxy groups -OCH3 is 2. The normalized spacial score (nSPS) is 18.4. The van der Waals surface area contributed by atoms with Crippen molar-refractivity contribution in [3.63, 3.8) is 0 Å². The van der Waals surface area contributed by atoms with Crippen molar-refractivity contribution in [2.45, 2.75) is 12.5 Å². The number of anilines is 1. The molecule has 2 heterocycles. The van der Waals surface area contributed by atoms with Crippen molar-refractivity contribution in [3.05, 3.63) is 54.1 Å². The van der Waals surface area contributed by atoms with Crippen LogP contribution in [0.1, 0.15) is 16.8 Å². The molecule has 3 amide bonds. The second-order valence-electron chi connectivity index (χ2n) is 8.28. The molecule has 1 atom stereocenters. The molecule has 34 heavy (non-hydrogen) atoms. The Hall–Kier alpha value is -3.75. The fraction of sp³-hybridized carbons (Fsp3) is 0.400. The first kappa shape index (κ1) is 23.4. The number of carbonyl (C=O) groups is 3. The number of hydrogen-bond acceptors (Lipinski definition) is 6. The van der Waals surface area contributed by atoms with Gasteiger partial charge in [-0.25, -0.2) is 0 Å². The van der Waals surface area contributed by atoms with Gasteiger partial charge in [0.15, 0.2) is 0 Å². The van der Waals surface area contributed by atoms with Crippen LogP contribution in [0.15, 0.2) is 48.5 Å². The van der Waals surface area contributed by atoms with Crippen molar-refractivity contribution >= 4 is 23.4 Å². The summed E-state index contributed by atoms with van der Waals surface area (Å²) >= 11 is 0. The summed E-state index contributed by atoms with van der Waals surface area (Å²) in [4.78, 5) is 44.5. The Morgan fingerprint density at radius 3 is 2.32 bits per heavy atom. The van der Waals surface area contributed by atoms with Gasteiger partial charge in [-0.15, -0.1) is 0 Å². The fourth-order valence-corrected chi connectivity index (χ4v) is 4.44. The van der Waals surface area contributed by atoms with E-state index < -0.39 is 6.04 Å². The molecule has 180 valence electrons. The standard InChI is InChI=1S/C25H30N4O5/c1-33-19-9-7-18(8-10-19)27-13-15-28(16-14-27)23(30)17-21-24(31)26-11-12-29(21)25(32)20-5-3-4-6-22(20)34-2/h3-10,21H,11-17H2,1-2H3,(H,26,31). The highest BCUT2D eigenvalue weighted by Crippen LogP contribution is 2.24. The molecule has 2 fully saturated rings. The van der Waals surface area contributed by atoms with Gasteiger partial charge in [0.05, 0.1) is 26.2 Å². The predicted octanol–water partition coefficient (Wildman–Crippen LogP) is 1.38. The highest BCUT2D eigenvalue weighted by molar-refractivity contribution is 6.01. The third kappa shape index (κ3) is 4.93. The van der Waals surface area contributed by atoms with E-state index in [0.717, 1.165) is 11.4 Å².